The average Bonchev–Trinajstić information content (AvgIpc) is 2.26. The third kappa shape index (κ3) is 2.01. The van der Waals surface area contributed by atoms with Gasteiger partial charge < -0.3 is 15.3 Å². The highest BCUT2D eigenvalue weighted by Crippen LogP contribution is 2.36. The molecule has 0 unspecified atom stereocenters. The first kappa shape index (κ1) is 10.5. The number of benzene rings is 1. The van der Waals surface area contributed by atoms with Crippen molar-refractivity contribution in [2.24, 2.45) is 0 Å². The molecule has 1 aromatic rings. The molecular weight excluding hydrogens is 219 g/mol. The maximum Gasteiger partial charge on any atom is 0.148 e. The molecule has 1 heterocycles. The highest BCUT2D eigenvalue weighted by molar-refractivity contribution is 6.34. The van der Waals surface area contributed by atoms with Gasteiger partial charge in [0.05, 0.1) is 5.69 Å². The molecule has 82 valence electrons. The van der Waals surface area contributed by atoms with E-state index < -0.39 is 0 Å². The Kier molecular flexibility index (Phi) is 2.98. The van der Waals surface area contributed by atoms with Crippen molar-refractivity contribution in [1.82, 2.24) is 5.32 Å². The number of halogens is 2. The van der Waals surface area contributed by atoms with Gasteiger partial charge in [-0.3, -0.25) is 0 Å². The molecule has 0 bridgehead atoms. The standard InChI is InChI=1S/C10H12ClFN2O/c11-9-8(15)2-1-7(12)10(9)14-5-3-13-4-6-14/h1-2,13,15H,3-6H2. The van der Waals surface area contributed by atoms with Gasteiger partial charge in [0, 0.05) is 26.2 Å². The summed E-state index contributed by atoms with van der Waals surface area (Å²) in [5.41, 5.74) is 0.304. The quantitative estimate of drug-likeness (QED) is 0.769. The zero-order chi connectivity index (χ0) is 10.8. The van der Waals surface area contributed by atoms with Crippen LogP contribution in [0.4, 0.5) is 10.1 Å². The Bertz CT molecular complexity index is 367. The van der Waals surface area contributed by atoms with E-state index in [9.17, 15) is 9.50 Å². The predicted molar refractivity (Wildman–Crippen MR) is 58.2 cm³/mol. The van der Waals surface area contributed by atoms with Gasteiger partial charge in [0.2, 0.25) is 0 Å². The van der Waals surface area contributed by atoms with Crippen molar-refractivity contribution in [1.29, 1.82) is 0 Å². The lowest BCUT2D eigenvalue weighted by atomic mass is 10.2. The number of piperazine rings is 1. The van der Waals surface area contributed by atoms with Crippen molar-refractivity contribution in [3.8, 4) is 5.75 Å². The van der Waals surface area contributed by atoms with E-state index in [0.717, 1.165) is 13.1 Å². The molecule has 1 aliphatic heterocycles. The van der Waals surface area contributed by atoms with Crippen LogP contribution in [0.25, 0.3) is 0 Å². The Labute approximate surface area is 92.5 Å². The van der Waals surface area contributed by atoms with Crippen molar-refractivity contribution < 1.29 is 9.50 Å². The van der Waals surface area contributed by atoms with Crippen molar-refractivity contribution >= 4 is 17.3 Å². The fraction of sp³-hybridized carbons (Fsp3) is 0.400. The van der Waals surface area contributed by atoms with Gasteiger partial charge in [-0.2, -0.15) is 0 Å². The normalized spacial score (nSPS) is 16.8. The second kappa shape index (κ2) is 4.24. The topological polar surface area (TPSA) is 35.5 Å². The molecule has 5 heteroatoms. The molecule has 3 nitrogen and oxygen atoms in total. The van der Waals surface area contributed by atoms with Gasteiger partial charge in [-0.25, -0.2) is 4.39 Å². The molecule has 0 amide bonds. The number of anilines is 1. The van der Waals surface area contributed by atoms with Gasteiger partial charge in [-0.05, 0) is 12.1 Å². The lowest BCUT2D eigenvalue weighted by Crippen LogP contribution is -2.44. The van der Waals surface area contributed by atoms with Crippen LogP contribution in [0, 0.1) is 5.82 Å². The fourth-order valence-corrected chi connectivity index (χ4v) is 1.98. The lowest BCUT2D eigenvalue weighted by molar-refractivity contribution is 0.472. The molecule has 1 fully saturated rings. The molecule has 1 aromatic carbocycles. The molecular formula is C10H12ClFN2O. The van der Waals surface area contributed by atoms with Crippen LogP contribution in [0.5, 0.6) is 5.75 Å². The molecule has 2 N–H and O–H groups in total. The molecule has 0 aliphatic carbocycles. The second-order valence-corrected chi connectivity index (χ2v) is 3.84. The van der Waals surface area contributed by atoms with E-state index in [2.05, 4.69) is 5.32 Å². The van der Waals surface area contributed by atoms with E-state index in [1.54, 1.807) is 0 Å². The maximum atomic E-state index is 13.6. The van der Waals surface area contributed by atoms with E-state index in [1.165, 1.54) is 12.1 Å². The Hall–Kier alpha value is -1.00. The summed E-state index contributed by atoms with van der Waals surface area (Å²) in [6, 6.07) is 2.50. The molecule has 15 heavy (non-hydrogen) atoms. The minimum absolute atomic E-state index is 0.0772. The number of nitrogens with one attached hydrogen (secondary N) is 1. The van der Waals surface area contributed by atoms with Crippen molar-refractivity contribution in [3.05, 3.63) is 23.0 Å². The van der Waals surface area contributed by atoms with Gasteiger partial charge in [-0.15, -0.1) is 0 Å². The summed E-state index contributed by atoms with van der Waals surface area (Å²) in [5.74, 6) is -0.466. The molecule has 0 spiro atoms. The van der Waals surface area contributed by atoms with Crippen LogP contribution in [0.15, 0.2) is 12.1 Å². The number of phenols is 1. The zero-order valence-corrected chi connectivity index (χ0v) is 8.89. The van der Waals surface area contributed by atoms with Crippen LogP contribution < -0.4 is 10.2 Å². The molecule has 1 saturated heterocycles. The number of nitrogens with zero attached hydrogens (tertiary/aromatic N) is 1. The summed E-state index contributed by atoms with van der Waals surface area (Å²) in [6.07, 6.45) is 0. The summed E-state index contributed by atoms with van der Waals surface area (Å²) in [6.45, 7) is 2.98. The van der Waals surface area contributed by atoms with Crippen molar-refractivity contribution in [2.75, 3.05) is 31.1 Å². The van der Waals surface area contributed by atoms with Crippen LogP contribution in [0.3, 0.4) is 0 Å². The fourth-order valence-electron chi connectivity index (χ4n) is 1.71. The zero-order valence-electron chi connectivity index (χ0n) is 8.13. The number of rotatable bonds is 1. The number of phenolic OH excluding ortho intramolecular Hbond substituents is 1. The summed E-state index contributed by atoms with van der Waals surface area (Å²) >= 11 is 5.88. The number of hydrogen-bond donors (Lipinski definition) is 2. The average molecular weight is 231 g/mol. The highest BCUT2D eigenvalue weighted by Gasteiger charge is 2.19. The predicted octanol–water partition coefficient (Wildman–Crippen LogP) is 1.59. The third-order valence-corrected chi connectivity index (χ3v) is 2.85. The molecule has 1 aliphatic rings. The van der Waals surface area contributed by atoms with Gasteiger partial charge in [0.1, 0.15) is 16.6 Å². The lowest BCUT2D eigenvalue weighted by Gasteiger charge is -2.30. The Morgan fingerprint density at radius 1 is 1.33 bits per heavy atom. The number of hydrogen-bond acceptors (Lipinski definition) is 3. The van der Waals surface area contributed by atoms with Crippen LogP contribution in [-0.2, 0) is 0 Å². The molecule has 0 atom stereocenters. The maximum absolute atomic E-state index is 13.6. The van der Waals surface area contributed by atoms with Gasteiger partial charge in [0.25, 0.3) is 0 Å². The Morgan fingerprint density at radius 3 is 2.67 bits per heavy atom. The summed E-state index contributed by atoms with van der Waals surface area (Å²) in [7, 11) is 0. The number of aromatic hydroxyl groups is 1. The summed E-state index contributed by atoms with van der Waals surface area (Å²) in [4.78, 5) is 1.84. The monoisotopic (exact) mass is 230 g/mol. The van der Waals surface area contributed by atoms with Gasteiger partial charge >= 0.3 is 0 Å². The third-order valence-electron chi connectivity index (χ3n) is 2.48. The van der Waals surface area contributed by atoms with E-state index in [4.69, 9.17) is 11.6 Å². The smallest absolute Gasteiger partial charge is 0.148 e. The van der Waals surface area contributed by atoms with Gasteiger partial charge in [0.15, 0.2) is 0 Å². The van der Waals surface area contributed by atoms with Crippen LogP contribution in [0.2, 0.25) is 5.02 Å². The van der Waals surface area contributed by atoms with E-state index >= 15 is 0 Å². The molecule has 2 rings (SSSR count). The molecule has 0 saturated carbocycles. The van der Waals surface area contributed by atoms with Crippen LogP contribution >= 0.6 is 11.6 Å². The highest BCUT2D eigenvalue weighted by atomic mass is 35.5. The van der Waals surface area contributed by atoms with Crippen molar-refractivity contribution in [2.45, 2.75) is 0 Å². The largest absolute Gasteiger partial charge is 0.506 e. The first-order chi connectivity index (χ1) is 7.20. The first-order valence-electron chi connectivity index (χ1n) is 4.83. The minimum Gasteiger partial charge on any atom is -0.506 e. The molecule has 0 aromatic heterocycles. The van der Waals surface area contributed by atoms with Gasteiger partial charge in [-0.1, -0.05) is 11.6 Å². The van der Waals surface area contributed by atoms with E-state index in [1.807, 2.05) is 4.90 Å². The second-order valence-electron chi connectivity index (χ2n) is 3.47. The Balaban J connectivity index is 2.36. The summed E-state index contributed by atoms with van der Waals surface area (Å²) < 4.78 is 13.6. The molecule has 0 radical (unpaired) electrons. The van der Waals surface area contributed by atoms with Crippen LogP contribution in [-0.4, -0.2) is 31.3 Å². The van der Waals surface area contributed by atoms with Crippen molar-refractivity contribution in [3.63, 3.8) is 0 Å². The van der Waals surface area contributed by atoms with Crippen LogP contribution in [0.1, 0.15) is 0 Å². The first-order valence-corrected chi connectivity index (χ1v) is 5.20. The minimum atomic E-state index is -0.389. The summed E-state index contributed by atoms with van der Waals surface area (Å²) in [5, 5.41) is 12.7. The SMILES string of the molecule is Oc1ccc(F)c(N2CCNCC2)c1Cl. The van der Waals surface area contributed by atoms with E-state index in [-0.39, 0.29) is 16.6 Å². The Morgan fingerprint density at radius 2 is 2.00 bits per heavy atom. The van der Waals surface area contributed by atoms with E-state index in [0.29, 0.717) is 18.8 Å².